The zero-order chi connectivity index (χ0) is 18.4. The molecule has 4 aromatic rings. The van der Waals surface area contributed by atoms with Crippen molar-refractivity contribution >= 4 is 32.3 Å². The third kappa shape index (κ3) is 3.05. The molecule has 0 aliphatic rings. The molecule has 0 saturated heterocycles. The van der Waals surface area contributed by atoms with Gasteiger partial charge in [0.25, 0.3) is 0 Å². The van der Waals surface area contributed by atoms with E-state index in [9.17, 15) is 0 Å². The standard InChI is InChI=1S/C23H26N2S/c1-22(2,17-8-9-20-16(14-17)15-24-25-20)11-12-23(3,4)19-6-5-7-21-18(19)10-13-26-21/h5-10,13-15H,11-12H2,1-4H3,(H,24,25). The van der Waals surface area contributed by atoms with E-state index < -0.39 is 0 Å². The van der Waals surface area contributed by atoms with Crippen molar-refractivity contribution in [2.45, 2.75) is 51.4 Å². The minimum Gasteiger partial charge on any atom is -0.278 e. The van der Waals surface area contributed by atoms with E-state index in [1.165, 1.54) is 26.6 Å². The Morgan fingerprint density at radius 2 is 1.77 bits per heavy atom. The molecule has 0 aliphatic heterocycles. The van der Waals surface area contributed by atoms with Gasteiger partial charge in [-0.15, -0.1) is 11.3 Å². The molecule has 0 amide bonds. The molecule has 0 fully saturated rings. The van der Waals surface area contributed by atoms with E-state index in [0.717, 1.165) is 18.4 Å². The van der Waals surface area contributed by atoms with Gasteiger partial charge < -0.3 is 0 Å². The summed E-state index contributed by atoms with van der Waals surface area (Å²) in [7, 11) is 0. The second-order valence-electron chi connectivity index (χ2n) is 8.58. The van der Waals surface area contributed by atoms with E-state index >= 15 is 0 Å². The fraction of sp³-hybridized carbons (Fsp3) is 0.348. The van der Waals surface area contributed by atoms with Crippen LogP contribution in [0.25, 0.3) is 21.0 Å². The van der Waals surface area contributed by atoms with Crippen molar-refractivity contribution in [3.63, 3.8) is 0 Å². The van der Waals surface area contributed by atoms with Crippen LogP contribution >= 0.6 is 11.3 Å². The largest absolute Gasteiger partial charge is 0.278 e. The Labute approximate surface area is 159 Å². The molecule has 2 aromatic heterocycles. The normalized spacial score (nSPS) is 12.9. The van der Waals surface area contributed by atoms with Crippen LogP contribution in [0, 0.1) is 0 Å². The van der Waals surface area contributed by atoms with Crippen molar-refractivity contribution in [1.82, 2.24) is 10.2 Å². The summed E-state index contributed by atoms with van der Waals surface area (Å²) >= 11 is 1.83. The molecule has 0 unspecified atom stereocenters. The van der Waals surface area contributed by atoms with Gasteiger partial charge in [0.2, 0.25) is 0 Å². The molecule has 0 aliphatic carbocycles. The minimum absolute atomic E-state index is 0.130. The third-order valence-corrected chi connectivity index (χ3v) is 6.70. The van der Waals surface area contributed by atoms with Gasteiger partial charge in [-0.25, -0.2) is 0 Å². The van der Waals surface area contributed by atoms with Crippen molar-refractivity contribution in [1.29, 1.82) is 0 Å². The predicted molar refractivity (Wildman–Crippen MR) is 113 cm³/mol. The maximum absolute atomic E-state index is 4.15. The Hall–Kier alpha value is -2.13. The summed E-state index contributed by atoms with van der Waals surface area (Å²) < 4.78 is 1.39. The maximum Gasteiger partial charge on any atom is 0.0650 e. The van der Waals surface area contributed by atoms with Gasteiger partial charge in [-0.2, -0.15) is 5.10 Å². The van der Waals surface area contributed by atoms with Crippen molar-refractivity contribution in [3.8, 4) is 0 Å². The first-order valence-corrected chi connectivity index (χ1v) is 10.2. The van der Waals surface area contributed by atoms with Gasteiger partial charge in [-0.1, -0.05) is 45.9 Å². The number of nitrogens with one attached hydrogen (secondary N) is 1. The summed E-state index contributed by atoms with van der Waals surface area (Å²) in [5.41, 5.74) is 4.24. The van der Waals surface area contributed by atoms with Gasteiger partial charge in [-0.3, -0.25) is 5.10 Å². The number of fused-ring (bicyclic) bond motifs is 2. The van der Waals surface area contributed by atoms with Crippen LogP contribution in [0.15, 0.2) is 54.0 Å². The Kier molecular flexibility index (Phi) is 4.15. The van der Waals surface area contributed by atoms with Crippen LogP contribution in [0.2, 0.25) is 0 Å². The van der Waals surface area contributed by atoms with E-state index in [1.807, 2.05) is 17.5 Å². The lowest BCUT2D eigenvalue weighted by Crippen LogP contribution is -2.24. The van der Waals surface area contributed by atoms with Crippen molar-refractivity contribution in [2.75, 3.05) is 0 Å². The molecule has 4 rings (SSSR count). The lowest BCUT2D eigenvalue weighted by Gasteiger charge is -2.32. The molecule has 2 nitrogen and oxygen atoms in total. The first kappa shape index (κ1) is 17.3. The molecule has 0 radical (unpaired) electrons. The second kappa shape index (κ2) is 6.24. The van der Waals surface area contributed by atoms with Gasteiger partial charge in [0.15, 0.2) is 0 Å². The number of hydrogen-bond donors (Lipinski definition) is 1. The average molecular weight is 363 g/mol. The predicted octanol–water partition coefficient (Wildman–Crippen LogP) is 6.81. The van der Waals surface area contributed by atoms with E-state index in [-0.39, 0.29) is 10.8 Å². The van der Waals surface area contributed by atoms with Crippen LogP contribution in [-0.4, -0.2) is 10.2 Å². The van der Waals surface area contributed by atoms with Crippen molar-refractivity contribution < 1.29 is 0 Å². The highest BCUT2D eigenvalue weighted by Crippen LogP contribution is 2.39. The number of benzene rings is 2. The summed E-state index contributed by atoms with van der Waals surface area (Å²) in [5.74, 6) is 0. The molecule has 2 aromatic carbocycles. The maximum atomic E-state index is 4.15. The first-order valence-electron chi connectivity index (χ1n) is 9.27. The van der Waals surface area contributed by atoms with Gasteiger partial charge in [0, 0.05) is 10.1 Å². The van der Waals surface area contributed by atoms with Crippen LogP contribution in [0.4, 0.5) is 0 Å². The Bertz CT molecular complexity index is 1050. The zero-order valence-corrected chi connectivity index (χ0v) is 16.8. The first-order chi connectivity index (χ1) is 12.4. The third-order valence-electron chi connectivity index (χ3n) is 5.82. The van der Waals surface area contributed by atoms with Gasteiger partial charge in [-0.05, 0) is 69.8 Å². The quantitative estimate of drug-likeness (QED) is 0.415. The van der Waals surface area contributed by atoms with E-state index in [0.29, 0.717) is 0 Å². The van der Waals surface area contributed by atoms with E-state index in [2.05, 4.69) is 85.7 Å². The number of thiophene rings is 1. The summed E-state index contributed by atoms with van der Waals surface area (Å²) in [5, 5.41) is 12.0. The summed E-state index contributed by atoms with van der Waals surface area (Å²) in [6, 6.07) is 15.7. The molecule has 2 heterocycles. The number of aromatic nitrogens is 2. The lowest BCUT2D eigenvalue weighted by molar-refractivity contribution is 0.377. The summed E-state index contributed by atoms with van der Waals surface area (Å²) in [6.45, 7) is 9.48. The highest BCUT2D eigenvalue weighted by Gasteiger charge is 2.28. The van der Waals surface area contributed by atoms with Crippen LogP contribution < -0.4 is 0 Å². The molecule has 0 spiro atoms. The number of aromatic amines is 1. The van der Waals surface area contributed by atoms with Gasteiger partial charge >= 0.3 is 0 Å². The lowest BCUT2D eigenvalue weighted by atomic mass is 9.72. The zero-order valence-electron chi connectivity index (χ0n) is 16.0. The number of rotatable bonds is 5. The molecular weight excluding hydrogens is 336 g/mol. The highest BCUT2D eigenvalue weighted by atomic mass is 32.1. The molecule has 1 N–H and O–H groups in total. The molecule has 134 valence electrons. The summed E-state index contributed by atoms with van der Waals surface area (Å²) in [6.07, 6.45) is 4.21. The molecule has 0 saturated carbocycles. The van der Waals surface area contributed by atoms with E-state index in [1.54, 1.807) is 0 Å². The molecule has 0 atom stereocenters. The van der Waals surface area contributed by atoms with Crippen molar-refractivity contribution in [3.05, 3.63) is 65.2 Å². The fourth-order valence-corrected chi connectivity index (χ4v) is 4.66. The molecule has 0 bridgehead atoms. The smallest absolute Gasteiger partial charge is 0.0650 e. The second-order valence-corrected chi connectivity index (χ2v) is 9.53. The van der Waals surface area contributed by atoms with Gasteiger partial charge in [0.05, 0.1) is 11.7 Å². The highest BCUT2D eigenvalue weighted by molar-refractivity contribution is 7.17. The Balaban J connectivity index is 1.59. The average Bonchev–Trinajstić information content (AvgIpc) is 3.27. The molecule has 26 heavy (non-hydrogen) atoms. The van der Waals surface area contributed by atoms with Gasteiger partial charge in [0.1, 0.15) is 0 Å². The fourth-order valence-electron chi connectivity index (χ4n) is 3.85. The molecule has 3 heteroatoms. The SMILES string of the molecule is CC(C)(CCC(C)(C)c1cccc2sccc12)c1ccc2[nH]ncc2c1. The number of hydrogen-bond acceptors (Lipinski definition) is 2. The topological polar surface area (TPSA) is 28.7 Å². The van der Waals surface area contributed by atoms with Crippen LogP contribution in [0.1, 0.15) is 51.7 Å². The van der Waals surface area contributed by atoms with Crippen LogP contribution in [0.5, 0.6) is 0 Å². The minimum atomic E-state index is 0.130. The Morgan fingerprint density at radius 3 is 2.62 bits per heavy atom. The van der Waals surface area contributed by atoms with E-state index in [4.69, 9.17) is 0 Å². The number of nitrogens with zero attached hydrogens (tertiary/aromatic N) is 1. The monoisotopic (exact) mass is 362 g/mol. The van der Waals surface area contributed by atoms with Crippen LogP contribution in [0.3, 0.4) is 0 Å². The van der Waals surface area contributed by atoms with Crippen LogP contribution in [-0.2, 0) is 10.8 Å². The summed E-state index contributed by atoms with van der Waals surface area (Å²) in [4.78, 5) is 0. The van der Waals surface area contributed by atoms with Crippen molar-refractivity contribution in [2.24, 2.45) is 0 Å². The molecular formula is C23H26N2S. The number of H-pyrrole nitrogens is 1. The Morgan fingerprint density at radius 1 is 0.962 bits per heavy atom.